The van der Waals surface area contributed by atoms with Crippen LogP contribution < -0.4 is 0 Å². The number of likely N-dealkylation sites (N-methyl/N-ethyl adjacent to an activating group) is 1. The summed E-state index contributed by atoms with van der Waals surface area (Å²) in [6.07, 6.45) is 1.67. The summed E-state index contributed by atoms with van der Waals surface area (Å²) in [4.78, 5) is 1.78. The fraction of sp³-hybridized carbons (Fsp3) is 1.00. The highest BCUT2D eigenvalue weighted by Gasteiger charge is 2.35. The highest BCUT2D eigenvalue weighted by molar-refractivity contribution is 4.82. The molecule has 0 amide bonds. The molecule has 1 fully saturated rings. The van der Waals surface area contributed by atoms with Crippen LogP contribution in [-0.2, 0) is 0 Å². The maximum Gasteiger partial charge on any atom is 0.141 e. The molecular formula is C6H13NO2. The van der Waals surface area contributed by atoms with Gasteiger partial charge in [-0.25, -0.2) is 0 Å². The monoisotopic (exact) mass is 131 g/mol. The first-order valence-corrected chi connectivity index (χ1v) is 3.23. The minimum atomic E-state index is -0.917. The molecule has 0 aliphatic carbocycles. The van der Waals surface area contributed by atoms with Gasteiger partial charge in [-0.15, -0.1) is 0 Å². The molecule has 1 atom stereocenters. The second-order valence-corrected chi connectivity index (χ2v) is 2.67. The van der Waals surface area contributed by atoms with E-state index in [1.807, 2.05) is 7.05 Å². The first-order valence-electron chi connectivity index (χ1n) is 3.23. The predicted molar refractivity (Wildman–Crippen MR) is 33.9 cm³/mol. The molecule has 9 heavy (non-hydrogen) atoms. The Morgan fingerprint density at radius 3 is 2.56 bits per heavy atom. The minimum absolute atomic E-state index is 0.149. The third kappa shape index (κ3) is 1.08. The van der Waals surface area contributed by atoms with Crippen molar-refractivity contribution in [3.8, 4) is 0 Å². The normalized spacial score (nSPS) is 37.7. The minimum Gasteiger partial charge on any atom is -0.392 e. The number of rotatable bonds is 1. The highest BCUT2D eigenvalue weighted by Crippen LogP contribution is 2.23. The van der Waals surface area contributed by atoms with Crippen molar-refractivity contribution >= 4 is 0 Å². The molecule has 1 aliphatic heterocycles. The molecule has 2 N–H and O–H groups in total. The van der Waals surface area contributed by atoms with Crippen LogP contribution in [0.1, 0.15) is 12.8 Å². The summed E-state index contributed by atoms with van der Waals surface area (Å²) in [7, 11) is 1.82. The van der Waals surface area contributed by atoms with E-state index in [9.17, 15) is 5.11 Å². The average Bonchev–Trinajstić information content (AvgIpc) is 2.15. The van der Waals surface area contributed by atoms with E-state index in [-0.39, 0.29) is 6.61 Å². The van der Waals surface area contributed by atoms with Crippen LogP contribution in [0, 0.1) is 0 Å². The molecule has 1 saturated heterocycles. The van der Waals surface area contributed by atoms with Gasteiger partial charge in [-0.3, -0.25) is 4.90 Å². The van der Waals surface area contributed by atoms with Crippen molar-refractivity contribution in [1.82, 2.24) is 4.90 Å². The largest absolute Gasteiger partial charge is 0.392 e. The van der Waals surface area contributed by atoms with Crippen molar-refractivity contribution in [2.75, 3.05) is 20.2 Å². The van der Waals surface area contributed by atoms with Crippen LogP contribution in [0.25, 0.3) is 0 Å². The molecule has 0 aromatic carbocycles. The fourth-order valence-electron chi connectivity index (χ4n) is 1.20. The number of nitrogens with zero attached hydrogens (tertiary/aromatic N) is 1. The zero-order valence-electron chi connectivity index (χ0n) is 5.67. The van der Waals surface area contributed by atoms with Gasteiger partial charge in [0.15, 0.2) is 0 Å². The zero-order chi connectivity index (χ0) is 6.91. The van der Waals surface area contributed by atoms with Crippen molar-refractivity contribution < 1.29 is 10.2 Å². The number of likely N-dealkylation sites (tertiary alicyclic amines) is 1. The molecule has 0 saturated carbocycles. The topological polar surface area (TPSA) is 43.7 Å². The SMILES string of the molecule is CN1CCCC1(O)CO. The van der Waals surface area contributed by atoms with Gasteiger partial charge >= 0.3 is 0 Å². The van der Waals surface area contributed by atoms with Gasteiger partial charge in [0.25, 0.3) is 0 Å². The lowest BCUT2D eigenvalue weighted by Crippen LogP contribution is -2.44. The first-order chi connectivity index (χ1) is 4.19. The molecule has 0 aromatic rings. The van der Waals surface area contributed by atoms with Crippen LogP contribution in [0.5, 0.6) is 0 Å². The molecule has 1 rings (SSSR count). The van der Waals surface area contributed by atoms with Crippen molar-refractivity contribution in [3.63, 3.8) is 0 Å². The van der Waals surface area contributed by atoms with E-state index >= 15 is 0 Å². The van der Waals surface area contributed by atoms with Gasteiger partial charge in [0.2, 0.25) is 0 Å². The van der Waals surface area contributed by atoms with E-state index in [1.54, 1.807) is 4.90 Å². The smallest absolute Gasteiger partial charge is 0.141 e. The average molecular weight is 131 g/mol. The third-order valence-electron chi connectivity index (χ3n) is 2.03. The van der Waals surface area contributed by atoms with Crippen LogP contribution in [0.4, 0.5) is 0 Å². The Hall–Kier alpha value is -0.120. The number of hydrogen-bond acceptors (Lipinski definition) is 3. The Bertz CT molecular complexity index is 107. The Balaban J connectivity index is 2.56. The molecule has 54 valence electrons. The summed E-state index contributed by atoms with van der Waals surface area (Å²) < 4.78 is 0. The van der Waals surface area contributed by atoms with Crippen LogP contribution in [0.2, 0.25) is 0 Å². The van der Waals surface area contributed by atoms with Crippen LogP contribution in [0.15, 0.2) is 0 Å². The van der Waals surface area contributed by atoms with E-state index in [1.165, 1.54) is 0 Å². The molecule has 0 aromatic heterocycles. The molecule has 1 heterocycles. The summed E-state index contributed by atoms with van der Waals surface area (Å²) in [5, 5.41) is 18.1. The van der Waals surface area contributed by atoms with E-state index in [0.717, 1.165) is 13.0 Å². The van der Waals surface area contributed by atoms with Crippen molar-refractivity contribution in [2.24, 2.45) is 0 Å². The van der Waals surface area contributed by atoms with E-state index < -0.39 is 5.72 Å². The molecule has 1 aliphatic rings. The van der Waals surface area contributed by atoms with Crippen LogP contribution in [-0.4, -0.2) is 41.0 Å². The van der Waals surface area contributed by atoms with Crippen molar-refractivity contribution in [3.05, 3.63) is 0 Å². The Kier molecular flexibility index (Phi) is 1.75. The van der Waals surface area contributed by atoms with Crippen LogP contribution in [0.3, 0.4) is 0 Å². The lowest BCUT2D eigenvalue weighted by molar-refractivity contribution is -0.103. The lowest BCUT2D eigenvalue weighted by atomic mass is 10.2. The van der Waals surface area contributed by atoms with Gasteiger partial charge in [-0.05, 0) is 19.9 Å². The summed E-state index contributed by atoms with van der Waals surface area (Å²) in [5.41, 5.74) is -0.917. The number of hydrogen-bond donors (Lipinski definition) is 2. The van der Waals surface area contributed by atoms with Gasteiger partial charge < -0.3 is 10.2 Å². The second kappa shape index (κ2) is 2.25. The Morgan fingerprint density at radius 2 is 2.33 bits per heavy atom. The molecule has 3 heteroatoms. The van der Waals surface area contributed by atoms with Crippen molar-refractivity contribution in [1.29, 1.82) is 0 Å². The maximum atomic E-state index is 9.44. The summed E-state index contributed by atoms with van der Waals surface area (Å²) in [5.74, 6) is 0. The molecule has 0 radical (unpaired) electrons. The van der Waals surface area contributed by atoms with E-state index in [4.69, 9.17) is 5.11 Å². The first kappa shape index (κ1) is 6.99. The molecule has 3 nitrogen and oxygen atoms in total. The Labute approximate surface area is 54.9 Å². The fourth-order valence-corrected chi connectivity index (χ4v) is 1.20. The van der Waals surface area contributed by atoms with E-state index in [0.29, 0.717) is 6.42 Å². The quantitative estimate of drug-likeness (QED) is 0.499. The molecule has 0 spiro atoms. The van der Waals surface area contributed by atoms with Crippen molar-refractivity contribution in [2.45, 2.75) is 18.6 Å². The molecular weight excluding hydrogens is 118 g/mol. The van der Waals surface area contributed by atoms with Crippen LogP contribution >= 0.6 is 0 Å². The van der Waals surface area contributed by atoms with E-state index in [2.05, 4.69) is 0 Å². The Morgan fingerprint density at radius 1 is 1.67 bits per heavy atom. The van der Waals surface area contributed by atoms with Gasteiger partial charge in [-0.1, -0.05) is 0 Å². The molecule has 0 bridgehead atoms. The summed E-state index contributed by atoms with van der Waals surface area (Å²) in [6.45, 7) is 0.737. The summed E-state index contributed by atoms with van der Waals surface area (Å²) in [6, 6.07) is 0. The highest BCUT2D eigenvalue weighted by atomic mass is 16.4. The zero-order valence-corrected chi connectivity index (χ0v) is 5.67. The predicted octanol–water partition coefficient (Wildman–Crippen LogP) is -0.607. The number of aliphatic hydroxyl groups is 2. The molecule has 1 unspecified atom stereocenters. The van der Waals surface area contributed by atoms with Gasteiger partial charge in [0.05, 0.1) is 6.61 Å². The third-order valence-corrected chi connectivity index (χ3v) is 2.03. The van der Waals surface area contributed by atoms with Gasteiger partial charge in [-0.2, -0.15) is 0 Å². The maximum absolute atomic E-state index is 9.44. The second-order valence-electron chi connectivity index (χ2n) is 2.67. The number of aliphatic hydroxyl groups excluding tert-OH is 1. The standard InChI is InChI=1S/C6H13NO2/c1-7-4-2-3-6(7,9)5-8/h8-9H,2-5H2,1H3. The van der Waals surface area contributed by atoms with Gasteiger partial charge in [0, 0.05) is 6.54 Å². The summed E-state index contributed by atoms with van der Waals surface area (Å²) >= 11 is 0. The lowest BCUT2D eigenvalue weighted by Gasteiger charge is -2.27. The van der Waals surface area contributed by atoms with Gasteiger partial charge in [0.1, 0.15) is 5.72 Å².